The van der Waals surface area contributed by atoms with Crippen molar-refractivity contribution in [1.29, 1.82) is 0 Å². The van der Waals surface area contributed by atoms with Crippen LogP contribution in [0.5, 0.6) is 0 Å². The molecule has 1 aliphatic heterocycles. The average Bonchev–Trinajstić information content (AvgIpc) is 3.06. The Morgan fingerprint density at radius 1 is 1.03 bits per heavy atom. The van der Waals surface area contributed by atoms with E-state index in [4.69, 9.17) is 0 Å². The molecule has 5 rings (SSSR count). The van der Waals surface area contributed by atoms with Gasteiger partial charge in [0.2, 0.25) is 5.91 Å². The Labute approximate surface area is 199 Å². The van der Waals surface area contributed by atoms with Crippen LogP contribution < -0.4 is 10.6 Å². The van der Waals surface area contributed by atoms with Crippen LogP contribution in [0.1, 0.15) is 55.0 Å². The fraction of sp³-hybridized carbons (Fsp3) is 0.321. The summed E-state index contributed by atoms with van der Waals surface area (Å²) in [7, 11) is 0. The zero-order chi connectivity index (χ0) is 23.9. The number of imide groups is 1. The summed E-state index contributed by atoms with van der Waals surface area (Å²) in [5.41, 5.74) is 3.26. The Morgan fingerprint density at radius 2 is 1.76 bits per heavy atom. The van der Waals surface area contributed by atoms with Gasteiger partial charge in [-0.05, 0) is 72.6 Å². The Hall–Kier alpha value is -3.67. The molecule has 1 saturated heterocycles. The summed E-state index contributed by atoms with van der Waals surface area (Å²) >= 11 is 0. The summed E-state index contributed by atoms with van der Waals surface area (Å²) in [6.45, 7) is 3.30. The third-order valence-corrected chi connectivity index (χ3v) is 7.16. The summed E-state index contributed by atoms with van der Waals surface area (Å²) in [6.07, 6.45) is 4.60. The lowest BCUT2D eigenvalue weighted by molar-refractivity contribution is -0.135. The number of amides is 4. The Morgan fingerprint density at radius 3 is 2.59 bits per heavy atom. The zero-order valence-electron chi connectivity index (χ0n) is 19.6. The van der Waals surface area contributed by atoms with E-state index in [-0.39, 0.29) is 18.5 Å². The molecule has 1 heterocycles. The maximum atomic E-state index is 13.4. The van der Waals surface area contributed by atoms with Gasteiger partial charge < -0.3 is 10.6 Å². The Kier molecular flexibility index (Phi) is 5.60. The second kappa shape index (κ2) is 8.60. The lowest BCUT2D eigenvalue weighted by atomic mass is 9.88. The molecular formula is C28H29N3O3. The van der Waals surface area contributed by atoms with E-state index in [0.717, 1.165) is 34.1 Å². The van der Waals surface area contributed by atoms with Crippen molar-refractivity contribution in [2.75, 3.05) is 6.54 Å². The highest BCUT2D eigenvalue weighted by molar-refractivity contribution is 6.10. The van der Waals surface area contributed by atoms with Crippen LogP contribution in [0.4, 0.5) is 4.79 Å². The molecule has 6 nitrogen and oxygen atoms in total. The van der Waals surface area contributed by atoms with E-state index in [0.29, 0.717) is 5.56 Å². The van der Waals surface area contributed by atoms with Gasteiger partial charge in [-0.3, -0.25) is 14.5 Å². The highest BCUT2D eigenvalue weighted by Gasteiger charge is 2.50. The number of carbonyl (C=O) groups excluding carboxylic acids is 3. The SMILES string of the molecule is C[C@@H](NC(=O)CN1C(=O)N[C@@](C)(c2cccc3ccccc23)C1=O)c1ccc2c(c1)CCCC2. The van der Waals surface area contributed by atoms with Gasteiger partial charge in [-0.15, -0.1) is 0 Å². The van der Waals surface area contributed by atoms with Crippen molar-refractivity contribution < 1.29 is 14.4 Å². The van der Waals surface area contributed by atoms with Gasteiger partial charge in [-0.1, -0.05) is 60.7 Å². The van der Waals surface area contributed by atoms with Crippen LogP contribution in [0.25, 0.3) is 10.8 Å². The molecule has 0 spiro atoms. The zero-order valence-corrected chi connectivity index (χ0v) is 19.6. The molecular weight excluding hydrogens is 426 g/mol. The van der Waals surface area contributed by atoms with Crippen molar-refractivity contribution in [3.05, 3.63) is 82.9 Å². The van der Waals surface area contributed by atoms with Crippen molar-refractivity contribution in [2.24, 2.45) is 0 Å². The van der Waals surface area contributed by atoms with Gasteiger partial charge in [0, 0.05) is 0 Å². The highest BCUT2D eigenvalue weighted by atomic mass is 16.2. The summed E-state index contributed by atoms with van der Waals surface area (Å²) in [4.78, 5) is 40.0. The van der Waals surface area contributed by atoms with Gasteiger partial charge in [-0.2, -0.15) is 0 Å². The van der Waals surface area contributed by atoms with E-state index in [1.165, 1.54) is 24.0 Å². The van der Waals surface area contributed by atoms with E-state index >= 15 is 0 Å². The maximum absolute atomic E-state index is 13.4. The first-order valence-electron chi connectivity index (χ1n) is 11.9. The number of fused-ring (bicyclic) bond motifs is 2. The topological polar surface area (TPSA) is 78.5 Å². The molecule has 2 atom stereocenters. The molecule has 0 saturated carbocycles. The molecule has 3 aromatic rings. The minimum absolute atomic E-state index is 0.218. The summed E-state index contributed by atoms with van der Waals surface area (Å²) < 4.78 is 0. The fourth-order valence-corrected chi connectivity index (χ4v) is 5.22. The molecule has 2 N–H and O–H groups in total. The van der Waals surface area contributed by atoms with Crippen LogP contribution in [-0.2, 0) is 28.0 Å². The van der Waals surface area contributed by atoms with Crippen LogP contribution in [0.3, 0.4) is 0 Å². The molecule has 0 aromatic heterocycles. The quantitative estimate of drug-likeness (QED) is 0.561. The molecule has 0 bridgehead atoms. The van der Waals surface area contributed by atoms with E-state index in [1.54, 1.807) is 6.92 Å². The molecule has 34 heavy (non-hydrogen) atoms. The molecule has 6 heteroatoms. The summed E-state index contributed by atoms with van der Waals surface area (Å²) in [5.74, 6) is -0.790. The van der Waals surface area contributed by atoms with Crippen LogP contribution in [0.15, 0.2) is 60.7 Å². The number of hydrogen-bond donors (Lipinski definition) is 2. The van der Waals surface area contributed by atoms with E-state index in [2.05, 4.69) is 28.8 Å². The van der Waals surface area contributed by atoms with Crippen molar-refractivity contribution in [3.63, 3.8) is 0 Å². The van der Waals surface area contributed by atoms with Crippen molar-refractivity contribution in [3.8, 4) is 0 Å². The highest BCUT2D eigenvalue weighted by Crippen LogP contribution is 2.34. The summed E-state index contributed by atoms with van der Waals surface area (Å²) in [5, 5.41) is 7.66. The van der Waals surface area contributed by atoms with Crippen LogP contribution in [0, 0.1) is 0 Å². The molecule has 0 radical (unpaired) electrons. The number of nitrogens with zero attached hydrogens (tertiary/aromatic N) is 1. The number of carbonyl (C=O) groups is 3. The number of rotatable bonds is 5. The molecule has 3 aromatic carbocycles. The molecule has 1 aliphatic carbocycles. The van der Waals surface area contributed by atoms with Gasteiger partial charge in [0.25, 0.3) is 5.91 Å². The van der Waals surface area contributed by atoms with Gasteiger partial charge in [0.1, 0.15) is 12.1 Å². The average molecular weight is 456 g/mol. The first kappa shape index (κ1) is 22.1. The molecule has 4 amide bonds. The van der Waals surface area contributed by atoms with Crippen LogP contribution in [0.2, 0.25) is 0 Å². The standard InChI is InChI=1S/C28H29N3O3/c1-18(21-15-14-19-8-3-4-10-22(19)16-21)29-25(32)17-31-26(33)28(2,30-27(31)34)24-13-7-11-20-9-5-6-12-23(20)24/h5-7,9,11-16,18H,3-4,8,10,17H2,1-2H3,(H,29,32)(H,30,34)/t18-,28+/m1/s1. The van der Waals surface area contributed by atoms with Crippen molar-refractivity contribution in [1.82, 2.24) is 15.5 Å². The smallest absolute Gasteiger partial charge is 0.325 e. The summed E-state index contributed by atoms with van der Waals surface area (Å²) in [6, 6.07) is 19.0. The van der Waals surface area contributed by atoms with E-state index in [9.17, 15) is 14.4 Å². The van der Waals surface area contributed by atoms with Crippen LogP contribution >= 0.6 is 0 Å². The lowest BCUT2D eigenvalue weighted by Gasteiger charge is -2.24. The van der Waals surface area contributed by atoms with E-state index < -0.39 is 17.5 Å². The minimum Gasteiger partial charge on any atom is -0.348 e. The number of aryl methyl sites for hydroxylation is 2. The monoisotopic (exact) mass is 455 g/mol. The lowest BCUT2D eigenvalue weighted by Crippen LogP contribution is -2.43. The second-order valence-electron chi connectivity index (χ2n) is 9.50. The van der Waals surface area contributed by atoms with Crippen LogP contribution in [-0.4, -0.2) is 29.3 Å². The second-order valence-corrected chi connectivity index (χ2v) is 9.50. The van der Waals surface area contributed by atoms with Gasteiger partial charge >= 0.3 is 6.03 Å². The maximum Gasteiger partial charge on any atom is 0.325 e. The van der Waals surface area contributed by atoms with Gasteiger partial charge in [0.15, 0.2) is 0 Å². The van der Waals surface area contributed by atoms with Gasteiger partial charge in [-0.25, -0.2) is 4.79 Å². The molecule has 0 unspecified atom stereocenters. The normalized spacial score (nSPS) is 20.7. The first-order valence-corrected chi connectivity index (χ1v) is 11.9. The molecule has 174 valence electrons. The van der Waals surface area contributed by atoms with Crippen molar-refractivity contribution in [2.45, 2.75) is 51.1 Å². The number of urea groups is 1. The number of benzene rings is 3. The third kappa shape index (κ3) is 3.83. The minimum atomic E-state index is -1.23. The predicted molar refractivity (Wildman–Crippen MR) is 131 cm³/mol. The van der Waals surface area contributed by atoms with Crippen molar-refractivity contribution >= 4 is 28.6 Å². The molecule has 1 fully saturated rings. The predicted octanol–water partition coefficient (Wildman–Crippen LogP) is 4.36. The number of nitrogens with one attached hydrogen (secondary N) is 2. The third-order valence-electron chi connectivity index (χ3n) is 7.16. The van der Waals surface area contributed by atoms with Gasteiger partial charge in [0.05, 0.1) is 6.04 Å². The van der Waals surface area contributed by atoms with E-state index in [1.807, 2.05) is 49.4 Å². The Bertz CT molecular complexity index is 1300. The largest absolute Gasteiger partial charge is 0.348 e. The number of hydrogen-bond acceptors (Lipinski definition) is 3. The first-order chi connectivity index (χ1) is 16.4. The Balaban J connectivity index is 1.31. The fourth-order valence-electron chi connectivity index (χ4n) is 5.22. The molecule has 2 aliphatic rings.